The van der Waals surface area contributed by atoms with E-state index in [2.05, 4.69) is 5.32 Å². The van der Waals surface area contributed by atoms with Gasteiger partial charge in [-0.25, -0.2) is 0 Å². The monoisotopic (exact) mass is 215 g/mol. The number of phenols is 1. The Balaban J connectivity index is 3.16. The van der Waals surface area contributed by atoms with E-state index in [9.17, 15) is 5.11 Å². The van der Waals surface area contributed by atoms with E-state index in [1.807, 2.05) is 6.07 Å². The summed E-state index contributed by atoms with van der Waals surface area (Å²) in [6.45, 7) is 1.56. The number of rotatable bonds is 3. The number of aromatic hydroxyl groups is 1. The maximum absolute atomic E-state index is 9.45. The number of hydrogen-bond acceptors (Lipinski definition) is 4. The van der Waals surface area contributed by atoms with Gasteiger partial charge in [0.05, 0.1) is 11.3 Å². The predicted molar refractivity (Wildman–Crippen MR) is 64.6 cm³/mol. The second-order valence-electron chi connectivity index (χ2n) is 3.32. The van der Waals surface area contributed by atoms with Gasteiger partial charge < -0.3 is 15.8 Å². The van der Waals surface area contributed by atoms with E-state index in [4.69, 9.17) is 10.7 Å². The molecule has 0 aliphatic carbocycles. The zero-order chi connectivity index (χ0) is 12.1. The molecule has 3 N–H and O–H groups in total. The van der Waals surface area contributed by atoms with Crippen molar-refractivity contribution in [3.8, 4) is 11.8 Å². The lowest BCUT2D eigenvalue weighted by Gasteiger charge is -2.04. The molecule has 4 heteroatoms. The zero-order valence-corrected chi connectivity index (χ0v) is 9.20. The molecule has 1 rings (SSSR count). The second-order valence-corrected chi connectivity index (χ2v) is 3.32. The summed E-state index contributed by atoms with van der Waals surface area (Å²) in [4.78, 5) is 0. The maximum atomic E-state index is 9.45. The second kappa shape index (κ2) is 4.99. The normalized spacial score (nSPS) is 10.7. The van der Waals surface area contributed by atoms with Crippen molar-refractivity contribution in [1.82, 2.24) is 0 Å². The quantitative estimate of drug-likeness (QED) is 0.411. The fourth-order valence-corrected chi connectivity index (χ4v) is 1.23. The van der Waals surface area contributed by atoms with E-state index >= 15 is 0 Å². The van der Waals surface area contributed by atoms with Crippen molar-refractivity contribution in [3.05, 3.63) is 29.3 Å². The number of hydrogen-bond donors (Lipinski definition) is 3. The molecule has 1 aromatic carbocycles. The molecule has 0 heterocycles. The molecule has 0 spiro atoms. The Hall–Kier alpha value is -2.28. The summed E-state index contributed by atoms with van der Waals surface area (Å²) in [6.07, 6.45) is 1.61. The lowest BCUT2D eigenvalue weighted by Crippen LogP contribution is -1.93. The molecule has 0 saturated heterocycles. The third kappa shape index (κ3) is 2.61. The van der Waals surface area contributed by atoms with Crippen LogP contribution in [0.25, 0.3) is 6.08 Å². The van der Waals surface area contributed by atoms with Crippen LogP contribution in [-0.2, 0) is 0 Å². The van der Waals surface area contributed by atoms with Crippen molar-refractivity contribution >= 4 is 17.5 Å². The lowest BCUT2D eigenvalue weighted by atomic mass is 10.1. The number of allylic oxidation sites excluding steroid dienone is 1. The molecule has 4 nitrogen and oxygen atoms in total. The largest absolute Gasteiger partial charge is 0.506 e. The van der Waals surface area contributed by atoms with Crippen molar-refractivity contribution < 1.29 is 5.11 Å². The van der Waals surface area contributed by atoms with Crippen LogP contribution in [-0.4, -0.2) is 17.9 Å². The Morgan fingerprint density at radius 1 is 1.56 bits per heavy atom. The molecule has 1 aromatic rings. The van der Waals surface area contributed by atoms with Crippen LogP contribution in [0.1, 0.15) is 12.5 Å². The van der Waals surface area contributed by atoms with Gasteiger partial charge in [0, 0.05) is 12.8 Å². The molecule has 0 aliphatic heterocycles. The number of nitrogens with zero attached hydrogens (tertiary/aromatic N) is 1. The SMILES string of the molecule is CNc1cc(/C=C(\C#N)C(C)=N)ccc1O. The summed E-state index contributed by atoms with van der Waals surface area (Å²) in [5.74, 6) is 0.157. The fourth-order valence-electron chi connectivity index (χ4n) is 1.23. The molecule has 0 aliphatic rings. The molecule has 0 unspecified atom stereocenters. The minimum Gasteiger partial charge on any atom is -0.506 e. The highest BCUT2D eigenvalue weighted by atomic mass is 16.3. The van der Waals surface area contributed by atoms with Crippen LogP contribution >= 0.6 is 0 Å². The standard InChI is InChI=1S/C12H13N3O/c1-8(14)10(7-13)5-9-3-4-12(16)11(6-9)15-2/h3-6,14-16H,1-2H3/b10-5+,14-8?. The molecule has 82 valence electrons. The first kappa shape index (κ1) is 11.8. The van der Waals surface area contributed by atoms with Gasteiger partial charge in [0.15, 0.2) is 0 Å². The molecule has 0 fully saturated rings. The summed E-state index contributed by atoms with van der Waals surface area (Å²) in [5.41, 5.74) is 1.90. The molecular formula is C12H13N3O. The average molecular weight is 215 g/mol. The molecule has 0 bridgehead atoms. The van der Waals surface area contributed by atoms with Gasteiger partial charge in [-0.15, -0.1) is 0 Å². The van der Waals surface area contributed by atoms with Gasteiger partial charge in [0.2, 0.25) is 0 Å². The summed E-state index contributed by atoms with van der Waals surface area (Å²) in [5, 5.41) is 28.5. The third-order valence-corrected chi connectivity index (χ3v) is 2.13. The predicted octanol–water partition coefficient (Wildman–Crippen LogP) is 2.38. The van der Waals surface area contributed by atoms with E-state index < -0.39 is 0 Å². The highest BCUT2D eigenvalue weighted by molar-refractivity contribution is 6.03. The van der Waals surface area contributed by atoms with Crippen LogP contribution in [0, 0.1) is 16.7 Å². The molecule has 0 aromatic heterocycles. The molecular weight excluding hydrogens is 202 g/mol. The van der Waals surface area contributed by atoms with Crippen LogP contribution in [0.5, 0.6) is 5.75 Å². The maximum Gasteiger partial charge on any atom is 0.138 e. The van der Waals surface area contributed by atoms with Gasteiger partial charge in [0.1, 0.15) is 11.8 Å². The minimum absolute atomic E-state index is 0.157. The summed E-state index contributed by atoms with van der Waals surface area (Å²) in [7, 11) is 1.70. The van der Waals surface area contributed by atoms with Crippen molar-refractivity contribution in [2.75, 3.05) is 12.4 Å². The van der Waals surface area contributed by atoms with Crippen molar-refractivity contribution in [1.29, 1.82) is 10.7 Å². The molecule has 0 saturated carbocycles. The molecule has 0 amide bonds. The Morgan fingerprint density at radius 3 is 2.75 bits per heavy atom. The topological polar surface area (TPSA) is 79.9 Å². The molecule has 0 radical (unpaired) electrons. The van der Waals surface area contributed by atoms with Gasteiger partial charge in [-0.05, 0) is 30.7 Å². The summed E-state index contributed by atoms with van der Waals surface area (Å²) in [6, 6.07) is 6.91. The van der Waals surface area contributed by atoms with Crippen molar-refractivity contribution in [2.45, 2.75) is 6.92 Å². The number of nitriles is 1. The van der Waals surface area contributed by atoms with Crippen LogP contribution in [0.2, 0.25) is 0 Å². The Kier molecular flexibility index (Phi) is 3.67. The van der Waals surface area contributed by atoms with Gasteiger partial charge >= 0.3 is 0 Å². The highest BCUT2D eigenvalue weighted by Crippen LogP contribution is 2.24. The van der Waals surface area contributed by atoms with Gasteiger partial charge in [-0.1, -0.05) is 6.07 Å². The van der Waals surface area contributed by atoms with Crippen LogP contribution in [0.4, 0.5) is 5.69 Å². The highest BCUT2D eigenvalue weighted by Gasteiger charge is 2.02. The van der Waals surface area contributed by atoms with E-state index in [0.29, 0.717) is 11.3 Å². The van der Waals surface area contributed by atoms with Crippen LogP contribution < -0.4 is 5.32 Å². The Morgan fingerprint density at radius 2 is 2.25 bits per heavy atom. The van der Waals surface area contributed by atoms with Crippen LogP contribution in [0.3, 0.4) is 0 Å². The van der Waals surface area contributed by atoms with E-state index in [-0.39, 0.29) is 11.5 Å². The number of phenolic OH excluding ortho intramolecular Hbond substituents is 1. The van der Waals surface area contributed by atoms with Gasteiger partial charge in [0.25, 0.3) is 0 Å². The number of nitrogens with one attached hydrogen (secondary N) is 2. The first-order valence-corrected chi connectivity index (χ1v) is 4.76. The Labute approximate surface area is 94.4 Å². The third-order valence-electron chi connectivity index (χ3n) is 2.13. The molecule has 0 atom stereocenters. The van der Waals surface area contributed by atoms with Gasteiger partial charge in [-0.3, -0.25) is 0 Å². The average Bonchev–Trinajstić information content (AvgIpc) is 2.27. The van der Waals surface area contributed by atoms with Crippen molar-refractivity contribution in [3.63, 3.8) is 0 Å². The van der Waals surface area contributed by atoms with E-state index in [0.717, 1.165) is 5.56 Å². The van der Waals surface area contributed by atoms with Crippen LogP contribution in [0.15, 0.2) is 23.8 Å². The Bertz CT molecular complexity index is 484. The van der Waals surface area contributed by atoms with E-state index in [1.54, 1.807) is 38.2 Å². The zero-order valence-electron chi connectivity index (χ0n) is 9.20. The summed E-state index contributed by atoms with van der Waals surface area (Å²) >= 11 is 0. The fraction of sp³-hybridized carbons (Fsp3) is 0.167. The minimum atomic E-state index is 0.157. The number of benzene rings is 1. The first-order valence-electron chi connectivity index (χ1n) is 4.76. The smallest absolute Gasteiger partial charge is 0.138 e. The van der Waals surface area contributed by atoms with E-state index in [1.165, 1.54) is 0 Å². The molecule has 16 heavy (non-hydrogen) atoms. The van der Waals surface area contributed by atoms with Gasteiger partial charge in [-0.2, -0.15) is 5.26 Å². The number of anilines is 1. The summed E-state index contributed by atoms with van der Waals surface area (Å²) < 4.78 is 0. The first-order chi connectivity index (χ1) is 7.58. The van der Waals surface area contributed by atoms with Crippen molar-refractivity contribution in [2.24, 2.45) is 0 Å². The lowest BCUT2D eigenvalue weighted by molar-refractivity contribution is 0.477.